The molecule has 1 fully saturated rings. The summed E-state index contributed by atoms with van der Waals surface area (Å²) in [6.45, 7) is 2.09. The highest BCUT2D eigenvalue weighted by molar-refractivity contribution is 7.92. The zero-order valence-corrected chi connectivity index (χ0v) is 27.7. The summed E-state index contributed by atoms with van der Waals surface area (Å²) >= 11 is 13.1. The van der Waals surface area contributed by atoms with Crippen LogP contribution in [0.3, 0.4) is 0 Å². The van der Waals surface area contributed by atoms with Crippen molar-refractivity contribution >= 4 is 50.7 Å². The number of nitrogens with one attached hydrogen (secondary N) is 1. The molecule has 3 aromatic rings. The number of amides is 2. The Balaban J connectivity index is 1.62. The van der Waals surface area contributed by atoms with Crippen LogP contribution >= 0.6 is 23.2 Å². The molecular formula is C34H41Cl2N3O4S. The molecule has 1 atom stereocenters. The second kappa shape index (κ2) is 15.8. The van der Waals surface area contributed by atoms with E-state index >= 15 is 0 Å². The van der Waals surface area contributed by atoms with Gasteiger partial charge in [0.1, 0.15) is 6.04 Å². The molecule has 7 nitrogen and oxygen atoms in total. The monoisotopic (exact) mass is 657 g/mol. The maximum atomic E-state index is 14.1. The zero-order chi connectivity index (χ0) is 31.7. The van der Waals surface area contributed by atoms with E-state index in [2.05, 4.69) is 5.32 Å². The fraction of sp³-hybridized carbons (Fsp3) is 0.412. The van der Waals surface area contributed by atoms with E-state index in [1.165, 1.54) is 4.31 Å². The van der Waals surface area contributed by atoms with Crippen LogP contribution < -0.4 is 9.62 Å². The molecule has 3 aromatic carbocycles. The first-order valence-electron chi connectivity index (χ1n) is 15.1. The van der Waals surface area contributed by atoms with Crippen molar-refractivity contribution in [3.8, 4) is 0 Å². The van der Waals surface area contributed by atoms with Gasteiger partial charge >= 0.3 is 0 Å². The van der Waals surface area contributed by atoms with Crippen molar-refractivity contribution in [2.45, 2.75) is 76.9 Å². The minimum absolute atomic E-state index is 0.0297. The number of halogens is 2. The minimum atomic E-state index is -3.59. The van der Waals surface area contributed by atoms with Crippen molar-refractivity contribution in [3.63, 3.8) is 0 Å². The van der Waals surface area contributed by atoms with Crippen molar-refractivity contribution in [2.75, 3.05) is 17.1 Å². The lowest BCUT2D eigenvalue weighted by atomic mass is 9.94. The van der Waals surface area contributed by atoms with Crippen molar-refractivity contribution in [2.24, 2.45) is 0 Å². The quantitative estimate of drug-likeness (QED) is 0.216. The molecule has 1 aliphatic rings. The fourth-order valence-electron chi connectivity index (χ4n) is 5.67. The lowest BCUT2D eigenvalue weighted by Gasteiger charge is -2.34. The second-order valence-corrected chi connectivity index (χ2v) is 14.3. The number of benzene rings is 3. The van der Waals surface area contributed by atoms with Crippen LogP contribution in [0.2, 0.25) is 10.0 Å². The van der Waals surface area contributed by atoms with Crippen LogP contribution in [0.5, 0.6) is 0 Å². The van der Waals surface area contributed by atoms with E-state index in [9.17, 15) is 18.0 Å². The summed E-state index contributed by atoms with van der Waals surface area (Å²) in [5.74, 6) is -0.493. The highest BCUT2D eigenvalue weighted by Gasteiger charge is 2.33. The van der Waals surface area contributed by atoms with E-state index < -0.39 is 16.1 Å². The number of sulfonamides is 1. The van der Waals surface area contributed by atoms with Crippen LogP contribution in [-0.2, 0) is 32.6 Å². The molecule has 0 saturated heterocycles. The Hall–Kier alpha value is -3.07. The molecule has 1 N–H and O–H groups in total. The minimum Gasteiger partial charge on any atom is -0.352 e. The number of rotatable bonds is 13. The van der Waals surface area contributed by atoms with Crippen LogP contribution in [0.4, 0.5) is 5.69 Å². The van der Waals surface area contributed by atoms with Gasteiger partial charge < -0.3 is 10.2 Å². The Bertz CT molecular complexity index is 1490. The van der Waals surface area contributed by atoms with Gasteiger partial charge in [0, 0.05) is 47.6 Å². The predicted octanol–water partition coefficient (Wildman–Crippen LogP) is 6.94. The van der Waals surface area contributed by atoms with Gasteiger partial charge in [0.25, 0.3) is 0 Å². The standard InChI is InChI=1S/C34H41Cl2N3O4S/c1-25-18-20-28(21-19-25)39(44(2,42)43)22-10-17-33(40)38(24-29-30(35)15-9-16-31(29)36)32(23-26-11-5-3-6-12-26)34(41)37-27-13-7-4-8-14-27/h3,5-6,9,11-12,15-16,18-21,27,32H,4,7-8,10,13-14,17,22-24H2,1-2H3,(H,37,41)/t32-/m0/s1. The molecule has 236 valence electrons. The summed E-state index contributed by atoms with van der Waals surface area (Å²) in [7, 11) is -3.59. The van der Waals surface area contributed by atoms with E-state index in [1.807, 2.05) is 49.4 Å². The number of carbonyl (C=O) groups is 2. The normalized spacial score (nSPS) is 14.5. The number of hydrogen-bond acceptors (Lipinski definition) is 4. The SMILES string of the molecule is Cc1ccc(N(CCCC(=O)N(Cc2c(Cl)cccc2Cl)[C@@H](Cc2ccccc2)C(=O)NC2CCCCC2)S(C)(=O)=O)cc1. The number of aryl methyl sites for hydroxylation is 1. The third-order valence-corrected chi connectivity index (χ3v) is 9.99. The van der Waals surface area contributed by atoms with Crippen LogP contribution in [0.15, 0.2) is 72.8 Å². The van der Waals surface area contributed by atoms with Crippen molar-refractivity contribution in [1.29, 1.82) is 0 Å². The number of carbonyl (C=O) groups excluding carboxylic acids is 2. The molecular weight excluding hydrogens is 617 g/mol. The molecule has 1 saturated carbocycles. The molecule has 4 rings (SSSR count). The van der Waals surface area contributed by atoms with Crippen LogP contribution in [0.1, 0.15) is 61.6 Å². The average Bonchev–Trinajstić information content (AvgIpc) is 2.99. The summed E-state index contributed by atoms with van der Waals surface area (Å²) in [5.41, 5.74) is 3.04. The van der Waals surface area contributed by atoms with E-state index in [4.69, 9.17) is 23.2 Å². The van der Waals surface area contributed by atoms with E-state index in [-0.39, 0.29) is 43.8 Å². The van der Waals surface area contributed by atoms with Crippen LogP contribution in [0, 0.1) is 6.92 Å². The molecule has 0 heterocycles. The molecule has 0 bridgehead atoms. The highest BCUT2D eigenvalue weighted by Crippen LogP contribution is 2.28. The van der Waals surface area contributed by atoms with Gasteiger partial charge in [-0.05, 0) is 56.0 Å². The molecule has 44 heavy (non-hydrogen) atoms. The molecule has 0 aromatic heterocycles. The molecule has 0 radical (unpaired) electrons. The van der Waals surface area contributed by atoms with Gasteiger partial charge in [-0.25, -0.2) is 8.42 Å². The van der Waals surface area contributed by atoms with Gasteiger partial charge in [-0.3, -0.25) is 13.9 Å². The Morgan fingerprint density at radius 3 is 2.16 bits per heavy atom. The van der Waals surface area contributed by atoms with Gasteiger partial charge in [-0.15, -0.1) is 0 Å². The zero-order valence-electron chi connectivity index (χ0n) is 25.3. The summed E-state index contributed by atoms with van der Waals surface area (Å²) < 4.78 is 26.7. The molecule has 0 spiro atoms. The molecule has 2 amide bonds. The first-order valence-corrected chi connectivity index (χ1v) is 17.7. The van der Waals surface area contributed by atoms with Gasteiger partial charge in [-0.2, -0.15) is 0 Å². The Morgan fingerprint density at radius 2 is 1.55 bits per heavy atom. The Morgan fingerprint density at radius 1 is 0.909 bits per heavy atom. The Labute approximate surface area is 271 Å². The second-order valence-electron chi connectivity index (χ2n) is 11.5. The summed E-state index contributed by atoms with van der Waals surface area (Å²) in [6, 6.07) is 21.3. The molecule has 0 unspecified atom stereocenters. The maximum Gasteiger partial charge on any atom is 0.243 e. The largest absolute Gasteiger partial charge is 0.352 e. The molecule has 1 aliphatic carbocycles. The maximum absolute atomic E-state index is 14.1. The summed E-state index contributed by atoms with van der Waals surface area (Å²) in [5, 5.41) is 4.04. The highest BCUT2D eigenvalue weighted by atomic mass is 35.5. The number of hydrogen-bond donors (Lipinski definition) is 1. The Kier molecular flexibility index (Phi) is 12.1. The molecule has 0 aliphatic heterocycles. The van der Waals surface area contributed by atoms with Crippen molar-refractivity contribution in [1.82, 2.24) is 10.2 Å². The van der Waals surface area contributed by atoms with Gasteiger partial charge in [0.05, 0.1) is 11.9 Å². The third-order valence-electron chi connectivity index (χ3n) is 8.09. The van der Waals surface area contributed by atoms with Crippen molar-refractivity contribution in [3.05, 3.63) is 99.5 Å². The number of nitrogens with zero attached hydrogens (tertiary/aromatic N) is 2. The lowest BCUT2D eigenvalue weighted by Crippen LogP contribution is -2.53. The van der Waals surface area contributed by atoms with Gasteiger partial charge in [0.15, 0.2) is 0 Å². The lowest BCUT2D eigenvalue weighted by molar-refractivity contribution is -0.141. The van der Waals surface area contributed by atoms with Gasteiger partial charge in [-0.1, -0.05) is 96.6 Å². The topological polar surface area (TPSA) is 86.8 Å². The summed E-state index contributed by atoms with van der Waals surface area (Å²) in [4.78, 5) is 29.7. The van der Waals surface area contributed by atoms with Gasteiger partial charge in [0.2, 0.25) is 21.8 Å². The third kappa shape index (κ3) is 9.46. The first-order chi connectivity index (χ1) is 21.0. The first kappa shape index (κ1) is 33.8. The van der Waals surface area contributed by atoms with Crippen LogP contribution in [0.25, 0.3) is 0 Å². The summed E-state index contributed by atoms with van der Waals surface area (Å²) in [6.07, 6.45) is 6.86. The fourth-order valence-corrected chi connectivity index (χ4v) is 7.15. The van der Waals surface area contributed by atoms with Crippen molar-refractivity contribution < 1.29 is 18.0 Å². The van der Waals surface area contributed by atoms with E-state index in [0.29, 0.717) is 27.7 Å². The number of anilines is 1. The van der Waals surface area contributed by atoms with E-state index in [1.54, 1.807) is 35.2 Å². The predicted molar refractivity (Wildman–Crippen MR) is 179 cm³/mol. The average molecular weight is 659 g/mol. The van der Waals surface area contributed by atoms with E-state index in [0.717, 1.165) is 49.5 Å². The molecule has 10 heteroatoms. The van der Waals surface area contributed by atoms with Crippen LogP contribution in [-0.4, -0.2) is 50.0 Å². The smallest absolute Gasteiger partial charge is 0.243 e.